The zero-order chi connectivity index (χ0) is 17.7. The van der Waals surface area contributed by atoms with Crippen LogP contribution in [0.25, 0.3) is 0 Å². The molecular formula is C18H19F2N3O2. The van der Waals surface area contributed by atoms with Crippen LogP contribution in [0.5, 0.6) is 0 Å². The quantitative estimate of drug-likeness (QED) is 0.843. The Morgan fingerprint density at radius 2 is 2.00 bits per heavy atom. The van der Waals surface area contributed by atoms with Crippen LogP contribution in [0.4, 0.5) is 13.6 Å². The maximum atomic E-state index is 14.4. The predicted molar refractivity (Wildman–Crippen MR) is 84.7 cm³/mol. The highest BCUT2D eigenvalue weighted by Gasteiger charge is 2.63. The molecule has 2 aliphatic heterocycles. The van der Waals surface area contributed by atoms with Crippen molar-refractivity contribution in [1.82, 2.24) is 9.80 Å². The van der Waals surface area contributed by atoms with Crippen molar-refractivity contribution in [2.75, 3.05) is 19.6 Å². The highest BCUT2D eigenvalue weighted by Crippen LogP contribution is 2.49. The molecule has 3 aliphatic rings. The number of rotatable bonds is 3. The number of halogens is 2. The number of likely N-dealkylation sites (tertiary alicyclic amines) is 2. The molecule has 0 N–H and O–H groups in total. The van der Waals surface area contributed by atoms with E-state index < -0.39 is 36.1 Å². The van der Waals surface area contributed by atoms with Crippen LogP contribution in [0.15, 0.2) is 30.3 Å². The van der Waals surface area contributed by atoms with Crippen molar-refractivity contribution in [3.63, 3.8) is 0 Å². The summed E-state index contributed by atoms with van der Waals surface area (Å²) < 4.78 is 34.0. The molecule has 2 atom stereocenters. The number of benzene rings is 1. The predicted octanol–water partition coefficient (Wildman–Crippen LogP) is 2.63. The normalized spacial score (nSPS) is 29.1. The van der Waals surface area contributed by atoms with Crippen molar-refractivity contribution < 1.29 is 18.3 Å². The Hall–Kier alpha value is -2.20. The SMILES string of the molecule is N#CC1(N2C[C@@H]3[C@H](C2)N(C(=O)OCc2ccccc2)CC3(F)F)CC1. The minimum Gasteiger partial charge on any atom is -0.445 e. The molecule has 0 unspecified atom stereocenters. The summed E-state index contributed by atoms with van der Waals surface area (Å²) in [5, 5.41) is 9.31. The van der Waals surface area contributed by atoms with Crippen LogP contribution >= 0.6 is 0 Å². The fourth-order valence-corrected chi connectivity index (χ4v) is 3.95. The number of alkyl halides is 2. The van der Waals surface area contributed by atoms with Gasteiger partial charge in [-0.1, -0.05) is 30.3 Å². The van der Waals surface area contributed by atoms with Crippen LogP contribution in [-0.2, 0) is 11.3 Å². The number of carbonyl (C=O) groups is 1. The molecule has 0 bridgehead atoms. The summed E-state index contributed by atoms with van der Waals surface area (Å²) >= 11 is 0. The average Bonchev–Trinajstić information content (AvgIpc) is 3.20. The summed E-state index contributed by atoms with van der Waals surface area (Å²) in [4.78, 5) is 15.4. The second-order valence-corrected chi connectivity index (χ2v) is 7.15. The monoisotopic (exact) mass is 347 g/mol. The van der Waals surface area contributed by atoms with Crippen molar-refractivity contribution in [3.05, 3.63) is 35.9 Å². The molecule has 0 spiro atoms. The zero-order valence-electron chi connectivity index (χ0n) is 13.7. The van der Waals surface area contributed by atoms with Gasteiger partial charge in [0, 0.05) is 13.1 Å². The van der Waals surface area contributed by atoms with E-state index in [4.69, 9.17) is 4.74 Å². The van der Waals surface area contributed by atoms with E-state index in [2.05, 4.69) is 6.07 Å². The summed E-state index contributed by atoms with van der Waals surface area (Å²) in [6.45, 7) is -0.0731. The third kappa shape index (κ3) is 2.74. The standard InChI is InChI=1S/C18H19F2N3O2/c19-18(20)12-23(16(24)25-10-13-4-2-1-3-5-13)15-9-22(8-14(15)18)17(11-21)6-7-17/h1-5,14-15H,6-10,12H2/t14-,15+/m1/s1. The Bertz CT molecular complexity index is 715. The van der Waals surface area contributed by atoms with Crippen LogP contribution in [-0.4, -0.2) is 53.0 Å². The number of carbonyl (C=O) groups excluding carboxylic acids is 1. The van der Waals surface area contributed by atoms with Gasteiger partial charge in [0.05, 0.1) is 24.6 Å². The topological polar surface area (TPSA) is 56.6 Å². The smallest absolute Gasteiger partial charge is 0.410 e. The molecule has 1 aromatic carbocycles. The fourth-order valence-electron chi connectivity index (χ4n) is 3.95. The Kier molecular flexibility index (Phi) is 3.69. The first-order valence-corrected chi connectivity index (χ1v) is 8.47. The molecule has 0 aromatic heterocycles. The van der Waals surface area contributed by atoms with Gasteiger partial charge in [-0.25, -0.2) is 13.6 Å². The number of fused-ring (bicyclic) bond motifs is 1. The van der Waals surface area contributed by atoms with E-state index in [1.807, 2.05) is 35.2 Å². The summed E-state index contributed by atoms with van der Waals surface area (Å²) in [5.41, 5.74) is 0.216. The molecule has 1 aromatic rings. The molecule has 1 amide bonds. The lowest BCUT2D eigenvalue weighted by atomic mass is 10.0. The van der Waals surface area contributed by atoms with Gasteiger partial charge >= 0.3 is 6.09 Å². The molecule has 0 radical (unpaired) electrons. The molecule has 5 nitrogen and oxygen atoms in total. The Balaban J connectivity index is 1.45. The third-order valence-electron chi connectivity index (χ3n) is 5.59. The summed E-state index contributed by atoms with van der Waals surface area (Å²) in [6.07, 6.45) is 0.722. The minimum atomic E-state index is -2.95. The van der Waals surface area contributed by atoms with Gasteiger partial charge in [0.15, 0.2) is 0 Å². The van der Waals surface area contributed by atoms with E-state index in [0.717, 1.165) is 10.5 Å². The second-order valence-electron chi connectivity index (χ2n) is 7.15. The number of hydrogen-bond acceptors (Lipinski definition) is 4. The van der Waals surface area contributed by atoms with Crippen molar-refractivity contribution in [2.45, 2.75) is 37.0 Å². The maximum absolute atomic E-state index is 14.4. The molecule has 132 valence electrons. The largest absolute Gasteiger partial charge is 0.445 e. The molecule has 2 heterocycles. The van der Waals surface area contributed by atoms with Crippen LogP contribution in [0.3, 0.4) is 0 Å². The van der Waals surface area contributed by atoms with Gasteiger partial charge in [-0.3, -0.25) is 9.80 Å². The van der Waals surface area contributed by atoms with Gasteiger partial charge in [0.2, 0.25) is 0 Å². The number of amides is 1. The average molecular weight is 347 g/mol. The first-order chi connectivity index (χ1) is 12.0. The zero-order valence-corrected chi connectivity index (χ0v) is 13.7. The molecule has 7 heteroatoms. The number of nitrogens with zero attached hydrogens (tertiary/aromatic N) is 3. The lowest BCUT2D eigenvalue weighted by Crippen LogP contribution is -2.43. The van der Waals surface area contributed by atoms with E-state index in [9.17, 15) is 18.8 Å². The van der Waals surface area contributed by atoms with Gasteiger partial charge < -0.3 is 4.74 Å². The lowest BCUT2D eigenvalue weighted by Gasteiger charge is -2.26. The van der Waals surface area contributed by atoms with Gasteiger partial charge in [-0.2, -0.15) is 5.26 Å². The van der Waals surface area contributed by atoms with Gasteiger partial charge in [0.25, 0.3) is 5.92 Å². The maximum Gasteiger partial charge on any atom is 0.410 e. The van der Waals surface area contributed by atoms with Gasteiger partial charge in [-0.05, 0) is 18.4 Å². The molecule has 4 rings (SSSR count). The van der Waals surface area contributed by atoms with E-state index in [1.165, 1.54) is 0 Å². The highest BCUT2D eigenvalue weighted by atomic mass is 19.3. The summed E-state index contributed by atoms with van der Waals surface area (Å²) in [5.74, 6) is -3.88. The Morgan fingerprint density at radius 3 is 2.64 bits per heavy atom. The van der Waals surface area contributed by atoms with Crippen LogP contribution in [0, 0.1) is 17.2 Å². The number of nitriles is 1. The number of hydrogen-bond donors (Lipinski definition) is 0. The van der Waals surface area contributed by atoms with Crippen molar-refractivity contribution in [3.8, 4) is 6.07 Å². The molecule has 1 aliphatic carbocycles. The van der Waals surface area contributed by atoms with Gasteiger partial charge in [-0.15, -0.1) is 0 Å². The van der Waals surface area contributed by atoms with E-state index in [0.29, 0.717) is 19.4 Å². The van der Waals surface area contributed by atoms with E-state index >= 15 is 0 Å². The summed E-state index contributed by atoms with van der Waals surface area (Å²) in [6, 6.07) is 10.8. The lowest BCUT2D eigenvalue weighted by molar-refractivity contribution is -0.0316. The highest BCUT2D eigenvalue weighted by molar-refractivity contribution is 5.69. The third-order valence-corrected chi connectivity index (χ3v) is 5.59. The van der Waals surface area contributed by atoms with Crippen molar-refractivity contribution >= 4 is 6.09 Å². The molecule has 25 heavy (non-hydrogen) atoms. The van der Waals surface area contributed by atoms with Crippen LogP contribution in [0.2, 0.25) is 0 Å². The molecule has 2 saturated heterocycles. The van der Waals surface area contributed by atoms with E-state index in [1.54, 1.807) is 0 Å². The first-order valence-electron chi connectivity index (χ1n) is 8.47. The van der Waals surface area contributed by atoms with Crippen molar-refractivity contribution in [2.24, 2.45) is 5.92 Å². The fraction of sp³-hybridized carbons (Fsp3) is 0.556. The van der Waals surface area contributed by atoms with Crippen LogP contribution < -0.4 is 0 Å². The van der Waals surface area contributed by atoms with Crippen molar-refractivity contribution in [1.29, 1.82) is 5.26 Å². The summed E-state index contributed by atoms with van der Waals surface area (Å²) in [7, 11) is 0. The first kappa shape index (κ1) is 16.3. The Morgan fingerprint density at radius 1 is 1.28 bits per heavy atom. The molecular weight excluding hydrogens is 328 g/mol. The molecule has 3 fully saturated rings. The second kappa shape index (κ2) is 5.67. The van der Waals surface area contributed by atoms with Gasteiger partial charge in [0.1, 0.15) is 12.1 Å². The Labute approximate surface area is 144 Å². The molecule has 1 saturated carbocycles. The van der Waals surface area contributed by atoms with E-state index in [-0.39, 0.29) is 13.2 Å². The number of ether oxygens (including phenoxy) is 1. The minimum absolute atomic E-state index is 0.0605. The van der Waals surface area contributed by atoms with Crippen LogP contribution in [0.1, 0.15) is 18.4 Å².